The number of hydrogen-bond donors (Lipinski definition) is 0. The van der Waals surface area contributed by atoms with Gasteiger partial charge in [0, 0.05) is 6.04 Å². The maximum Gasteiger partial charge on any atom is 0.411 e. The third kappa shape index (κ3) is 2.34. The minimum atomic E-state index is -0.490. The van der Waals surface area contributed by atoms with Crippen LogP contribution in [0, 0.1) is 0 Å². The first kappa shape index (κ1) is 12.5. The van der Waals surface area contributed by atoms with Crippen molar-refractivity contribution in [3.05, 3.63) is 35.9 Å². The molecule has 1 heterocycles. The van der Waals surface area contributed by atoms with Gasteiger partial charge in [0.2, 0.25) is 0 Å². The van der Waals surface area contributed by atoms with Crippen LogP contribution in [0.4, 0.5) is 4.79 Å². The van der Waals surface area contributed by atoms with Crippen LogP contribution in [0.5, 0.6) is 0 Å². The van der Waals surface area contributed by atoms with Crippen molar-refractivity contribution in [2.45, 2.75) is 50.7 Å². The largest absolute Gasteiger partial charge is 0.436 e. The minimum Gasteiger partial charge on any atom is -0.436 e. The summed E-state index contributed by atoms with van der Waals surface area (Å²) in [5.74, 6) is 0. The van der Waals surface area contributed by atoms with Crippen LogP contribution >= 0.6 is 0 Å². The summed E-state index contributed by atoms with van der Waals surface area (Å²) in [6.45, 7) is 2.70. The van der Waals surface area contributed by atoms with Crippen LogP contribution in [-0.2, 0) is 10.3 Å². The molecule has 0 aromatic heterocycles. The summed E-state index contributed by atoms with van der Waals surface area (Å²) in [5, 5.41) is 0. The molecule has 3 heteroatoms. The molecule has 1 aromatic carbocycles. The van der Waals surface area contributed by atoms with Gasteiger partial charge in [-0.05, 0) is 25.3 Å². The number of benzene rings is 1. The zero-order valence-corrected chi connectivity index (χ0v) is 11.5. The summed E-state index contributed by atoms with van der Waals surface area (Å²) >= 11 is 0. The van der Waals surface area contributed by atoms with Crippen LogP contribution in [0.3, 0.4) is 0 Å². The molecule has 2 aliphatic rings. The number of ether oxygens (including phenoxy) is 1. The van der Waals surface area contributed by atoms with Gasteiger partial charge in [-0.2, -0.15) is 0 Å². The summed E-state index contributed by atoms with van der Waals surface area (Å²) in [5.41, 5.74) is 0.595. The number of nitrogens with zero attached hydrogens (tertiary/aromatic N) is 1. The smallest absolute Gasteiger partial charge is 0.411 e. The lowest BCUT2D eigenvalue weighted by Crippen LogP contribution is -2.39. The molecule has 0 N–H and O–H groups in total. The predicted molar refractivity (Wildman–Crippen MR) is 73.9 cm³/mol. The lowest BCUT2D eigenvalue weighted by Gasteiger charge is -2.30. The highest BCUT2D eigenvalue weighted by Crippen LogP contribution is 2.36. The Morgan fingerprint density at radius 2 is 1.84 bits per heavy atom. The monoisotopic (exact) mass is 259 g/mol. The van der Waals surface area contributed by atoms with Crippen molar-refractivity contribution in [1.29, 1.82) is 0 Å². The summed E-state index contributed by atoms with van der Waals surface area (Å²) in [4.78, 5) is 14.1. The quantitative estimate of drug-likeness (QED) is 0.810. The van der Waals surface area contributed by atoms with Gasteiger partial charge in [-0.1, -0.05) is 49.6 Å². The van der Waals surface area contributed by atoms with Crippen LogP contribution in [-0.4, -0.2) is 23.6 Å². The van der Waals surface area contributed by atoms with E-state index in [2.05, 4.69) is 0 Å². The number of rotatable bonds is 2. The van der Waals surface area contributed by atoms with Gasteiger partial charge >= 0.3 is 6.09 Å². The molecular formula is C16H21NO2. The normalized spacial score (nSPS) is 28.5. The molecule has 1 aliphatic carbocycles. The Kier molecular flexibility index (Phi) is 3.21. The molecule has 1 atom stereocenters. The van der Waals surface area contributed by atoms with Crippen molar-refractivity contribution in [1.82, 2.24) is 4.90 Å². The molecule has 1 aromatic rings. The first-order valence-corrected chi connectivity index (χ1v) is 7.24. The van der Waals surface area contributed by atoms with E-state index in [-0.39, 0.29) is 6.09 Å². The van der Waals surface area contributed by atoms with Crippen molar-refractivity contribution >= 4 is 6.09 Å². The molecule has 1 amide bonds. The number of amides is 1. The van der Waals surface area contributed by atoms with Gasteiger partial charge < -0.3 is 9.64 Å². The average Bonchev–Trinajstić information content (AvgIpc) is 2.77. The molecule has 3 nitrogen and oxygen atoms in total. The van der Waals surface area contributed by atoms with Crippen molar-refractivity contribution in [2.75, 3.05) is 6.54 Å². The number of hydrogen-bond acceptors (Lipinski definition) is 2. The second kappa shape index (κ2) is 4.87. The molecule has 3 rings (SSSR count). The highest BCUT2D eigenvalue weighted by Gasteiger charge is 2.45. The molecular weight excluding hydrogens is 238 g/mol. The van der Waals surface area contributed by atoms with Crippen LogP contribution < -0.4 is 0 Å². The van der Waals surface area contributed by atoms with Crippen molar-refractivity contribution in [3.63, 3.8) is 0 Å². The highest BCUT2D eigenvalue weighted by atomic mass is 16.6. The van der Waals surface area contributed by atoms with Gasteiger partial charge in [0.25, 0.3) is 0 Å². The third-order valence-electron chi connectivity index (χ3n) is 4.42. The molecule has 1 unspecified atom stereocenters. The summed E-state index contributed by atoms with van der Waals surface area (Å²) in [6, 6.07) is 10.4. The van der Waals surface area contributed by atoms with Gasteiger partial charge in [0.1, 0.15) is 0 Å². The second-order valence-electron chi connectivity index (χ2n) is 5.88. The zero-order chi connectivity index (χ0) is 13.3. The molecule has 102 valence electrons. The summed E-state index contributed by atoms with van der Waals surface area (Å²) < 4.78 is 5.69. The van der Waals surface area contributed by atoms with Crippen molar-refractivity contribution in [3.8, 4) is 0 Å². The maximum absolute atomic E-state index is 12.2. The Morgan fingerprint density at radius 1 is 1.16 bits per heavy atom. The maximum atomic E-state index is 12.2. The van der Waals surface area contributed by atoms with E-state index >= 15 is 0 Å². The number of cyclic esters (lactones) is 1. The third-order valence-corrected chi connectivity index (χ3v) is 4.42. The van der Waals surface area contributed by atoms with Gasteiger partial charge in [-0.15, -0.1) is 0 Å². The Bertz CT molecular complexity index is 453. The molecule has 0 bridgehead atoms. The Hall–Kier alpha value is -1.51. The molecule has 1 saturated carbocycles. The van der Waals surface area contributed by atoms with Crippen molar-refractivity contribution < 1.29 is 9.53 Å². The number of carbonyl (C=O) groups excluding carboxylic acids is 1. The lowest BCUT2D eigenvalue weighted by molar-refractivity contribution is 0.0697. The van der Waals surface area contributed by atoms with Gasteiger partial charge in [0.15, 0.2) is 5.60 Å². The average molecular weight is 259 g/mol. The van der Waals surface area contributed by atoms with Crippen LogP contribution in [0.1, 0.15) is 44.6 Å². The van der Waals surface area contributed by atoms with Gasteiger partial charge in [0.05, 0.1) is 6.54 Å². The minimum absolute atomic E-state index is 0.141. The first-order chi connectivity index (χ1) is 9.19. The fraction of sp³-hybridized carbons (Fsp3) is 0.562. The Morgan fingerprint density at radius 3 is 2.53 bits per heavy atom. The predicted octanol–water partition coefficient (Wildman–Crippen LogP) is 3.69. The second-order valence-corrected chi connectivity index (χ2v) is 5.88. The SMILES string of the molecule is CC1(c2ccccc2)CN(C2CCCCC2)C(=O)O1. The number of carbonyl (C=O) groups is 1. The lowest BCUT2D eigenvalue weighted by atomic mass is 9.92. The van der Waals surface area contributed by atoms with E-state index in [4.69, 9.17) is 4.74 Å². The van der Waals surface area contributed by atoms with Gasteiger partial charge in [-0.3, -0.25) is 0 Å². The summed E-state index contributed by atoms with van der Waals surface area (Å²) in [7, 11) is 0. The zero-order valence-electron chi connectivity index (χ0n) is 11.5. The fourth-order valence-corrected chi connectivity index (χ4v) is 3.29. The first-order valence-electron chi connectivity index (χ1n) is 7.24. The van der Waals surface area contributed by atoms with E-state index < -0.39 is 5.60 Å². The van der Waals surface area contributed by atoms with Gasteiger partial charge in [-0.25, -0.2) is 4.79 Å². The van der Waals surface area contributed by atoms with Crippen LogP contribution in [0.25, 0.3) is 0 Å². The molecule has 0 radical (unpaired) electrons. The van der Waals surface area contributed by atoms with Crippen LogP contribution in [0.2, 0.25) is 0 Å². The Balaban J connectivity index is 1.79. The van der Waals surface area contributed by atoms with E-state index in [1.165, 1.54) is 19.3 Å². The van der Waals surface area contributed by atoms with E-state index in [0.717, 1.165) is 18.4 Å². The van der Waals surface area contributed by atoms with E-state index in [9.17, 15) is 4.79 Å². The topological polar surface area (TPSA) is 29.5 Å². The molecule has 19 heavy (non-hydrogen) atoms. The summed E-state index contributed by atoms with van der Waals surface area (Å²) in [6.07, 6.45) is 5.88. The Labute approximate surface area is 114 Å². The van der Waals surface area contributed by atoms with E-state index in [0.29, 0.717) is 12.6 Å². The van der Waals surface area contributed by atoms with Crippen molar-refractivity contribution in [2.24, 2.45) is 0 Å². The fourth-order valence-electron chi connectivity index (χ4n) is 3.29. The standard InChI is InChI=1S/C16H21NO2/c1-16(13-8-4-2-5-9-13)12-17(15(18)19-16)14-10-6-3-7-11-14/h2,4-5,8-9,14H,3,6-7,10-12H2,1H3. The molecule has 2 fully saturated rings. The molecule has 1 saturated heterocycles. The molecule has 1 aliphatic heterocycles. The van der Waals surface area contributed by atoms with E-state index in [1.54, 1.807) is 0 Å². The highest BCUT2D eigenvalue weighted by molar-refractivity contribution is 5.71. The van der Waals surface area contributed by atoms with Crippen LogP contribution in [0.15, 0.2) is 30.3 Å². The van der Waals surface area contributed by atoms with E-state index in [1.807, 2.05) is 42.2 Å². The molecule has 0 spiro atoms.